The highest BCUT2D eigenvalue weighted by atomic mass is 32.1. The van der Waals surface area contributed by atoms with Crippen molar-refractivity contribution in [2.75, 3.05) is 0 Å². The fourth-order valence-electron chi connectivity index (χ4n) is 2.47. The van der Waals surface area contributed by atoms with E-state index in [0.717, 1.165) is 31.4 Å². The van der Waals surface area contributed by atoms with Crippen LogP contribution in [-0.4, -0.2) is 15.8 Å². The predicted molar refractivity (Wildman–Crippen MR) is 84.7 cm³/mol. The van der Waals surface area contributed by atoms with E-state index in [-0.39, 0.29) is 6.04 Å². The molecule has 2 heterocycles. The smallest absolute Gasteiger partial charge is 0.0640 e. The van der Waals surface area contributed by atoms with Gasteiger partial charge in [-0.05, 0) is 36.8 Å². The van der Waals surface area contributed by atoms with Crippen LogP contribution in [0.1, 0.15) is 43.3 Å². The molecule has 0 spiro atoms. The third-order valence-corrected chi connectivity index (χ3v) is 4.60. The maximum atomic E-state index is 5.68. The molecule has 110 valence electrons. The molecule has 2 rings (SSSR count). The van der Waals surface area contributed by atoms with E-state index in [0.29, 0.717) is 6.04 Å². The third kappa shape index (κ3) is 3.91. The van der Waals surface area contributed by atoms with Gasteiger partial charge in [-0.2, -0.15) is 5.10 Å². The van der Waals surface area contributed by atoms with Gasteiger partial charge in [-0.1, -0.05) is 19.9 Å². The van der Waals surface area contributed by atoms with Crippen molar-refractivity contribution >= 4 is 11.3 Å². The standard InChI is InChI=1S/C15H24N4S/c1-3-14(4-2)19-8-7-12(18-19)10-13(17-16)11-15-6-5-9-20-15/h5-9,13-14,17H,3-4,10-11,16H2,1-2H3. The number of rotatable bonds is 8. The first-order valence-electron chi connectivity index (χ1n) is 7.29. The minimum Gasteiger partial charge on any atom is -0.271 e. The maximum absolute atomic E-state index is 5.68. The van der Waals surface area contributed by atoms with E-state index in [2.05, 4.69) is 53.7 Å². The zero-order valence-electron chi connectivity index (χ0n) is 12.2. The van der Waals surface area contributed by atoms with Crippen LogP contribution in [0.5, 0.6) is 0 Å². The molecule has 4 nitrogen and oxygen atoms in total. The topological polar surface area (TPSA) is 55.9 Å². The molecule has 0 saturated carbocycles. The fourth-order valence-corrected chi connectivity index (χ4v) is 3.25. The molecule has 0 amide bonds. The Morgan fingerprint density at radius 2 is 2.10 bits per heavy atom. The predicted octanol–water partition coefficient (Wildman–Crippen LogP) is 2.92. The summed E-state index contributed by atoms with van der Waals surface area (Å²) in [6.07, 6.45) is 6.13. The van der Waals surface area contributed by atoms with E-state index in [9.17, 15) is 0 Å². The van der Waals surface area contributed by atoms with Crippen molar-refractivity contribution in [3.63, 3.8) is 0 Å². The first kappa shape index (κ1) is 15.2. The van der Waals surface area contributed by atoms with Crippen LogP contribution < -0.4 is 11.3 Å². The summed E-state index contributed by atoms with van der Waals surface area (Å²) in [6.45, 7) is 4.41. The Balaban J connectivity index is 1.97. The number of aromatic nitrogens is 2. The summed E-state index contributed by atoms with van der Waals surface area (Å²) in [6, 6.07) is 7.08. The van der Waals surface area contributed by atoms with E-state index in [4.69, 9.17) is 10.9 Å². The average molecular weight is 292 g/mol. The highest BCUT2D eigenvalue weighted by Crippen LogP contribution is 2.16. The largest absolute Gasteiger partial charge is 0.271 e. The van der Waals surface area contributed by atoms with E-state index in [1.165, 1.54) is 4.88 Å². The summed E-state index contributed by atoms with van der Waals surface area (Å²) < 4.78 is 2.09. The van der Waals surface area contributed by atoms with Gasteiger partial charge in [-0.25, -0.2) is 0 Å². The van der Waals surface area contributed by atoms with Crippen molar-refractivity contribution in [1.29, 1.82) is 0 Å². The van der Waals surface area contributed by atoms with Crippen molar-refractivity contribution in [1.82, 2.24) is 15.2 Å². The van der Waals surface area contributed by atoms with Crippen molar-refractivity contribution in [3.8, 4) is 0 Å². The molecule has 0 aliphatic carbocycles. The summed E-state index contributed by atoms with van der Waals surface area (Å²) >= 11 is 1.77. The quantitative estimate of drug-likeness (QED) is 0.581. The molecule has 20 heavy (non-hydrogen) atoms. The van der Waals surface area contributed by atoms with Crippen molar-refractivity contribution in [3.05, 3.63) is 40.3 Å². The Kier molecular flexibility index (Phi) is 5.76. The Labute approximate surface area is 125 Å². The van der Waals surface area contributed by atoms with Gasteiger partial charge in [0.25, 0.3) is 0 Å². The van der Waals surface area contributed by atoms with Crippen LogP contribution in [0.2, 0.25) is 0 Å². The number of hydrogen-bond acceptors (Lipinski definition) is 4. The van der Waals surface area contributed by atoms with E-state index in [1.54, 1.807) is 11.3 Å². The van der Waals surface area contributed by atoms with Crippen LogP contribution in [0.15, 0.2) is 29.8 Å². The van der Waals surface area contributed by atoms with Crippen molar-refractivity contribution in [2.24, 2.45) is 5.84 Å². The normalized spacial score (nSPS) is 13.0. The maximum Gasteiger partial charge on any atom is 0.0640 e. The third-order valence-electron chi connectivity index (χ3n) is 3.70. The molecular formula is C15H24N4S. The molecule has 0 aliphatic heterocycles. The first-order chi connectivity index (χ1) is 9.76. The monoisotopic (exact) mass is 292 g/mol. The summed E-state index contributed by atoms with van der Waals surface area (Å²) in [5, 5.41) is 6.80. The van der Waals surface area contributed by atoms with Gasteiger partial charge in [-0.3, -0.25) is 16.0 Å². The average Bonchev–Trinajstić information content (AvgIpc) is 3.12. The molecule has 0 saturated heterocycles. The molecule has 1 atom stereocenters. The summed E-state index contributed by atoms with van der Waals surface area (Å²) in [7, 11) is 0. The van der Waals surface area contributed by atoms with E-state index in [1.807, 2.05) is 0 Å². The molecule has 0 bridgehead atoms. The van der Waals surface area contributed by atoms with Crippen molar-refractivity contribution < 1.29 is 0 Å². The molecule has 5 heteroatoms. The van der Waals surface area contributed by atoms with E-state index >= 15 is 0 Å². The summed E-state index contributed by atoms with van der Waals surface area (Å²) in [5.74, 6) is 5.68. The zero-order chi connectivity index (χ0) is 14.4. The van der Waals surface area contributed by atoms with Gasteiger partial charge in [0, 0.05) is 23.5 Å². The second kappa shape index (κ2) is 7.57. The Morgan fingerprint density at radius 1 is 1.30 bits per heavy atom. The van der Waals surface area contributed by atoms with Gasteiger partial charge in [0.05, 0.1) is 11.7 Å². The van der Waals surface area contributed by atoms with Crippen LogP contribution in [0.4, 0.5) is 0 Å². The lowest BCUT2D eigenvalue weighted by atomic mass is 10.1. The number of thiophene rings is 1. The molecule has 3 N–H and O–H groups in total. The Hall–Kier alpha value is -1.17. The van der Waals surface area contributed by atoms with Gasteiger partial charge in [0.1, 0.15) is 0 Å². The minimum atomic E-state index is 0.235. The molecule has 2 aromatic heterocycles. The minimum absolute atomic E-state index is 0.235. The lowest BCUT2D eigenvalue weighted by molar-refractivity contribution is 0.422. The molecule has 0 radical (unpaired) electrons. The zero-order valence-corrected chi connectivity index (χ0v) is 13.1. The Morgan fingerprint density at radius 3 is 2.70 bits per heavy atom. The van der Waals surface area contributed by atoms with Crippen LogP contribution in [0.3, 0.4) is 0 Å². The van der Waals surface area contributed by atoms with Crippen LogP contribution in [0, 0.1) is 0 Å². The van der Waals surface area contributed by atoms with Gasteiger partial charge in [-0.15, -0.1) is 11.3 Å². The Bertz CT molecular complexity index is 488. The lowest BCUT2D eigenvalue weighted by Gasteiger charge is -2.14. The molecule has 1 unspecified atom stereocenters. The van der Waals surface area contributed by atoms with E-state index < -0.39 is 0 Å². The van der Waals surface area contributed by atoms with Gasteiger partial charge >= 0.3 is 0 Å². The number of nitrogens with zero attached hydrogens (tertiary/aromatic N) is 2. The SMILES string of the molecule is CCC(CC)n1ccc(CC(Cc2cccs2)NN)n1. The number of hydrogen-bond donors (Lipinski definition) is 2. The molecular weight excluding hydrogens is 268 g/mol. The lowest BCUT2D eigenvalue weighted by Crippen LogP contribution is -2.38. The van der Waals surface area contributed by atoms with Gasteiger partial charge in [0.2, 0.25) is 0 Å². The highest BCUT2D eigenvalue weighted by Gasteiger charge is 2.13. The number of nitrogens with one attached hydrogen (secondary N) is 1. The molecule has 0 aliphatic rings. The molecule has 0 fully saturated rings. The summed E-state index contributed by atoms with van der Waals surface area (Å²) in [5.41, 5.74) is 4.02. The summed E-state index contributed by atoms with van der Waals surface area (Å²) in [4.78, 5) is 1.35. The van der Waals surface area contributed by atoms with Crippen LogP contribution in [-0.2, 0) is 12.8 Å². The second-order valence-corrected chi connectivity index (χ2v) is 6.14. The van der Waals surface area contributed by atoms with Crippen LogP contribution >= 0.6 is 11.3 Å². The number of hydrazine groups is 1. The van der Waals surface area contributed by atoms with Gasteiger partial charge < -0.3 is 0 Å². The van der Waals surface area contributed by atoms with Crippen molar-refractivity contribution in [2.45, 2.75) is 51.6 Å². The molecule has 0 aromatic carbocycles. The second-order valence-electron chi connectivity index (χ2n) is 5.11. The fraction of sp³-hybridized carbons (Fsp3) is 0.533. The molecule has 2 aromatic rings. The van der Waals surface area contributed by atoms with Crippen LogP contribution in [0.25, 0.3) is 0 Å². The van der Waals surface area contributed by atoms with Gasteiger partial charge in [0.15, 0.2) is 0 Å². The number of nitrogens with two attached hydrogens (primary N) is 1. The first-order valence-corrected chi connectivity index (χ1v) is 8.17. The highest BCUT2D eigenvalue weighted by molar-refractivity contribution is 7.09.